The first-order chi connectivity index (χ1) is 10.1. The maximum atomic E-state index is 6.48. The first-order valence-electron chi connectivity index (χ1n) is 7.60. The molecule has 0 saturated carbocycles. The van der Waals surface area contributed by atoms with Crippen LogP contribution < -0.4 is 5.73 Å². The van der Waals surface area contributed by atoms with Crippen LogP contribution in [0.2, 0.25) is 0 Å². The molecular weight excluding hydrogens is 258 g/mol. The zero-order chi connectivity index (χ0) is 15.2. The SMILES string of the molecule is CCOC(c1ccccc1)C(N)Cc1c(C)cccc1C. The fraction of sp³-hybridized carbons (Fsp3) is 0.368. The topological polar surface area (TPSA) is 35.2 Å². The van der Waals surface area contributed by atoms with E-state index in [1.165, 1.54) is 16.7 Å². The highest BCUT2D eigenvalue weighted by Gasteiger charge is 2.21. The molecule has 0 amide bonds. The van der Waals surface area contributed by atoms with Crippen LogP contribution in [0.5, 0.6) is 0 Å². The van der Waals surface area contributed by atoms with Crippen molar-refractivity contribution in [2.24, 2.45) is 5.73 Å². The van der Waals surface area contributed by atoms with Gasteiger partial charge in [0.05, 0.1) is 6.10 Å². The highest BCUT2D eigenvalue weighted by atomic mass is 16.5. The van der Waals surface area contributed by atoms with Crippen LogP contribution in [0.4, 0.5) is 0 Å². The van der Waals surface area contributed by atoms with Crippen molar-refractivity contribution < 1.29 is 4.74 Å². The highest BCUT2D eigenvalue weighted by molar-refractivity contribution is 5.34. The van der Waals surface area contributed by atoms with Gasteiger partial charge in [-0.1, -0.05) is 48.5 Å². The Bertz CT molecular complexity index is 545. The zero-order valence-corrected chi connectivity index (χ0v) is 13.2. The molecule has 2 aromatic rings. The van der Waals surface area contributed by atoms with Crippen LogP contribution in [0, 0.1) is 13.8 Å². The van der Waals surface area contributed by atoms with Gasteiger partial charge < -0.3 is 10.5 Å². The Kier molecular flexibility index (Phi) is 5.54. The Balaban J connectivity index is 2.21. The molecule has 21 heavy (non-hydrogen) atoms. The van der Waals surface area contributed by atoms with Crippen LogP contribution in [0.1, 0.15) is 35.3 Å². The summed E-state index contributed by atoms with van der Waals surface area (Å²) in [5.74, 6) is 0. The lowest BCUT2D eigenvalue weighted by Gasteiger charge is -2.25. The predicted molar refractivity (Wildman–Crippen MR) is 88.4 cm³/mol. The zero-order valence-electron chi connectivity index (χ0n) is 13.2. The van der Waals surface area contributed by atoms with Crippen molar-refractivity contribution in [1.82, 2.24) is 0 Å². The molecule has 0 bridgehead atoms. The van der Waals surface area contributed by atoms with Gasteiger partial charge in [-0.05, 0) is 49.4 Å². The number of hydrogen-bond donors (Lipinski definition) is 1. The lowest BCUT2D eigenvalue weighted by Crippen LogP contribution is -2.33. The number of aryl methyl sites for hydroxylation is 2. The molecule has 0 aromatic heterocycles. The van der Waals surface area contributed by atoms with E-state index >= 15 is 0 Å². The van der Waals surface area contributed by atoms with Crippen molar-refractivity contribution in [3.63, 3.8) is 0 Å². The molecule has 112 valence electrons. The molecule has 2 atom stereocenters. The van der Waals surface area contributed by atoms with E-state index in [0.29, 0.717) is 6.61 Å². The molecule has 0 heterocycles. The molecule has 2 rings (SSSR count). The fourth-order valence-electron chi connectivity index (χ4n) is 2.80. The Morgan fingerprint density at radius 1 is 0.952 bits per heavy atom. The van der Waals surface area contributed by atoms with E-state index in [0.717, 1.165) is 12.0 Å². The summed E-state index contributed by atoms with van der Waals surface area (Å²) < 4.78 is 5.92. The first kappa shape index (κ1) is 15.7. The third-order valence-electron chi connectivity index (χ3n) is 3.95. The summed E-state index contributed by atoms with van der Waals surface area (Å²) in [4.78, 5) is 0. The van der Waals surface area contributed by atoms with Crippen molar-refractivity contribution in [2.75, 3.05) is 6.61 Å². The first-order valence-corrected chi connectivity index (χ1v) is 7.60. The van der Waals surface area contributed by atoms with Crippen LogP contribution >= 0.6 is 0 Å². The van der Waals surface area contributed by atoms with Crippen LogP contribution in [-0.2, 0) is 11.2 Å². The van der Waals surface area contributed by atoms with Crippen LogP contribution in [0.15, 0.2) is 48.5 Å². The second kappa shape index (κ2) is 7.39. The minimum absolute atomic E-state index is 0.0489. The van der Waals surface area contributed by atoms with E-state index in [1.807, 2.05) is 25.1 Å². The third kappa shape index (κ3) is 3.93. The summed E-state index contributed by atoms with van der Waals surface area (Å²) in [5, 5.41) is 0. The summed E-state index contributed by atoms with van der Waals surface area (Å²) in [7, 11) is 0. The summed E-state index contributed by atoms with van der Waals surface area (Å²) in [6, 6.07) is 16.6. The van der Waals surface area contributed by atoms with Crippen LogP contribution in [0.3, 0.4) is 0 Å². The monoisotopic (exact) mass is 283 g/mol. The van der Waals surface area contributed by atoms with Crippen molar-refractivity contribution in [3.8, 4) is 0 Å². The largest absolute Gasteiger partial charge is 0.372 e. The Morgan fingerprint density at radius 3 is 2.14 bits per heavy atom. The van der Waals surface area contributed by atoms with Gasteiger partial charge >= 0.3 is 0 Å². The van der Waals surface area contributed by atoms with E-state index in [9.17, 15) is 0 Å². The summed E-state index contributed by atoms with van der Waals surface area (Å²) >= 11 is 0. The molecule has 0 radical (unpaired) electrons. The predicted octanol–water partition coefficient (Wildman–Crippen LogP) is 3.95. The van der Waals surface area contributed by atoms with Crippen molar-refractivity contribution >= 4 is 0 Å². The van der Waals surface area contributed by atoms with Gasteiger partial charge in [0.2, 0.25) is 0 Å². The molecule has 0 aliphatic heterocycles. The summed E-state index contributed by atoms with van der Waals surface area (Å²) in [6.07, 6.45) is 0.771. The minimum atomic E-state index is -0.0600. The number of hydrogen-bond acceptors (Lipinski definition) is 2. The van der Waals surface area contributed by atoms with E-state index in [2.05, 4.69) is 44.2 Å². The summed E-state index contributed by atoms with van der Waals surface area (Å²) in [5.41, 5.74) is 11.6. The summed E-state index contributed by atoms with van der Waals surface area (Å²) in [6.45, 7) is 6.97. The molecule has 0 aliphatic carbocycles. The Hall–Kier alpha value is -1.64. The molecule has 2 nitrogen and oxygen atoms in total. The third-order valence-corrected chi connectivity index (χ3v) is 3.95. The number of benzene rings is 2. The lowest BCUT2D eigenvalue weighted by atomic mass is 9.92. The van der Waals surface area contributed by atoms with E-state index in [1.54, 1.807) is 0 Å². The van der Waals surface area contributed by atoms with Crippen LogP contribution in [0.25, 0.3) is 0 Å². The van der Waals surface area contributed by atoms with Gasteiger partial charge in [0.25, 0.3) is 0 Å². The van der Waals surface area contributed by atoms with Crippen LogP contribution in [-0.4, -0.2) is 12.6 Å². The maximum Gasteiger partial charge on any atom is 0.0978 e. The normalized spacial score (nSPS) is 13.9. The second-order valence-corrected chi connectivity index (χ2v) is 5.52. The molecule has 0 aliphatic rings. The molecule has 0 spiro atoms. The molecular formula is C19H25NO. The van der Waals surface area contributed by atoms with Gasteiger partial charge in [0, 0.05) is 12.6 Å². The molecule has 2 aromatic carbocycles. The van der Waals surface area contributed by atoms with Gasteiger partial charge in [-0.15, -0.1) is 0 Å². The number of nitrogens with two attached hydrogens (primary N) is 1. The van der Waals surface area contributed by atoms with E-state index in [-0.39, 0.29) is 12.1 Å². The lowest BCUT2D eigenvalue weighted by molar-refractivity contribution is 0.0432. The van der Waals surface area contributed by atoms with Gasteiger partial charge in [-0.2, -0.15) is 0 Å². The average Bonchev–Trinajstić information content (AvgIpc) is 2.49. The van der Waals surface area contributed by atoms with Gasteiger partial charge in [0.15, 0.2) is 0 Å². The molecule has 2 N–H and O–H groups in total. The minimum Gasteiger partial charge on any atom is -0.372 e. The Labute approximate surface area is 127 Å². The fourth-order valence-corrected chi connectivity index (χ4v) is 2.80. The van der Waals surface area contributed by atoms with Gasteiger partial charge in [-0.25, -0.2) is 0 Å². The quantitative estimate of drug-likeness (QED) is 0.871. The van der Waals surface area contributed by atoms with E-state index in [4.69, 9.17) is 10.5 Å². The maximum absolute atomic E-state index is 6.48. The van der Waals surface area contributed by atoms with Crippen molar-refractivity contribution in [3.05, 3.63) is 70.8 Å². The average molecular weight is 283 g/mol. The smallest absolute Gasteiger partial charge is 0.0978 e. The number of ether oxygens (including phenoxy) is 1. The van der Waals surface area contributed by atoms with Crippen molar-refractivity contribution in [1.29, 1.82) is 0 Å². The Morgan fingerprint density at radius 2 is 1.57 bits per heavy atom. The standard InChI is InChI=1S/C19H25NO/c1-4-21-19(16-11-6-5-7-12-16)18(20)13-17-14(2)9-8-10-15(17)3/h5-12,18-19H,4,13,20H2,1-3H3. The van der Waals surface area contributed by atoms with Gasteiger partial charge in [-0.3, -0.25) is 0 Å². The van der Waals surface area contributed by atoms with Crippen molar-refractivity contribution in [2.45, 2.75) is 39.3 Å². The number of rotatable bonds is 6. The molecule has 2 heteroatoms. The molecule has 2 unspecified atom stereocenters. The van der Waals surface area contributed by atoms with Gasteiger partial charge in [0.1, 0.15) is 0 Å². The molecule has 0 fully saturated rings. The highest BCUT2D eigenvalue weighted by Crippen LogP contribution is 2.24. The molecule has 0 saturated heterocycles. The van der Waals surface area contributed by atoms with E-state index < -0.39 is 0 Å². The second-order valence-electron chi connectivity index (χ2n) is 5.52.